The summed E-state index contributed by atoms with van der Waals surface area (Å²) in [6, 6.07) is 23.3. The number of rotatable bonds is 6. The molecule has 0 spiro atoms. The van der Waals surface area contributed by atoms with Crippen LogP contribution < -0.4 is 5.32 Å². The standard InChI is InChI=1S/C26H20F3N5O/c27-26(28,29)24-21(15-32-34(24)20-6-2-1-3-7-20)25(35)30-14-18-10-12-19(13-11-18)16-33-17-31-22-8-4-5-9-23(22)33/h1-13,15,17H,14,16H2,(H,30,35). The summed E-state index contributed by atoms with van der Waals surface area (Å²) in [6.45, 7) is 0.710. The SMILES string of the molecule is O=C(NCc1ccc(Cn2cnc3ccccc32)cc1)c1cnn(-c2ccccc2)c1C(F)(F)F. The van der Waals surface area contributed by atoms with E-state index in [0.29, 0.717) is 6.54 Å². The number of halogens is 3. The maximum atomic E-state index is 13.8. The molecule has 0 aliphatic heterocycles. The van der Waals surface area contributed by atoms with Crippen LogP contribution in [-0.4, -0.2) is 25.2 Å². The number of amides is 1. The first-order valence-corrected chi connectivity index (χ1v) is 10.9. The van der Waals surface area contributed by atoms with Crippen molar-refractivity contribution < 1.29 is 18.0 Å². The van der Waals surface area contributed by atoms with Crippen molar-refractivity contribution in [2.45, 2.75) is 19.3 Å². The Morgan fingerprint density at radius 2 is 1.57 bits per heavy atom. The Hall–Kier alpha value is -4.40. The van der Waals surface area contributed by atoms with Crippen molar-refractivity contribution in [1.82, 2.24) is 24.6 Å². The fourth-order valence-electron chi connectivity index (χ4n) is 3.93. The summed E-state index contributed by atoms with van der Waals surface area (Å²) in [6.07, 6.45) is -2.02. The molecule has 5 rings (SSSR count). The molecule has 0 bridgehead atoms. The van der Waals surface area contributed by atoms with E-state index < -0.39 is 23.3 Å². The molecule has 1 N–H and O–H groups in total. The molecule has 3 aromatic carbocycles. The Morgan fingerprint density at radius 1 is 0.886 bits per heavy atom. The number of aromatic nitrogens is 4. The molecule has 9 heteroatoms. The van der Waals surface area contributed by atoms with Gasteiger partial charge in [0.1, 0.15) is 0 Å². The van der Waals surface area contributed by atoms with Crippen molar-refractivity contribution in [3.05, 3.63) is 114 Å². The van der Waals surface area contributed by atoms with Gasteiger partial charge in [-0.15, -0.1) is 0 Å². The minimum absolute atomic E-state index is 0.0843. The minimum Gasteiger partial charge on any atom is -0.348 e. The molecule has 5 aromatic rings. The van der Waals surface area contributed by atoms with Gasteiger partial charge in [-0.1, -0.05) is 54.6 Å². The Balaban J connectivity index is 1.29. The minimum atomic E-state index is -4.75. The molecule has 0 fully saturated rings. The molecule has 0 saturated carbocycles. The molecule has 35 heavy (non-hydrogen) atoms. The second-order valence-corrected chi connectivity index (χ2v) is 8.01. The molecule has 6 nitrogen and oxygen atoms in total. The zero-order chi connectivity index (χ0) is 24.4. The van der Waals surface area contributed by atoms with E-state index >= 15 is 0 Å². The fourth-order valence-corrected chi connectivity index (χ4v) is 3.93. The predicted octanol–water partition coefficient (Wildman–Crippen LogP) is 5.22. The van der Waals surface area contributed by atoms with E-state index in [-0.39, 0.29) is 12.2 Å². The third kappa shape index (κ3) is 4.65. The van der Waals surface area contributed by atoms with Crippen molar-refractivity contribution in [1.29, 1.82) is 0 Å². The summed E-state index contributed by atoms with van der Waals surface area (Å²) < 4.78 is 44.2. The number of fused-ring (bicyclic) bond motifs is 1. The van der Waals surface area contributed by atoms with E-state index in [2.05, 4.69) is 15.4 Å². The normalized spacial score (nSPS) is 11.6. The molecule has 0 atom stereocenters. The number of benzene rings is 3. The monoisotopic (exact) mass is 475 g/mol. The van der Waals surface area contributed by atoms with Crippen LogP contribution in [0.25, 0.3) is 16.7 Å². The van der Waals surface area contributed by atoms with Gasteiger partial charge in [0, 0.05) is 13.1 Å². The Morgan fingerprint density at radius 3 is 2.31 bits per heavy atom. The number of alkyl halides is 3. The first-order chi connectivity index (χ1) is 16.9. The van der Waals surface area contributed by atoms with Gasteiger partial charge in [-0.3, -0.25) is 4.79 Å². The Bertz CT molecular complexity index is 1470. The lowest BCUT2D eigenvalue weighted by Gasteiger charge is -2.13. The number of nitrogens with one attached hydrogen (secondary N) is 1. The molecule has 2 aromatic heterocycles. The number of carbonyl (C=O) groups is 1. The van der Waals surface area contributed by atoms with Crippen LogP contribution in [0.15, 0.2) is 91.4 Å². The molecular formula is C26H20F3N5O. The van der Waals surface area contributed by atoms with E-state index in [4.69, 9.17) is 0 Å². The van der Waals surface area contributed by atoms with Crippen LogP contribution >= 0.6 is 0 Å². The van der Waals surface area contributed by atoms with Crippen molar-refractivity contribution >= 4 is 16.9 Å². The maximum absolute atomic E-state index is 13.8. The zero-order valence-electron chi connectivity index (χ0n) is 18.4. The fraction of sp³-hybridized carbons (Fsp3) is 0.115. The molecule has 2 heterocycles. The summed E-state index contributed by atoms with van der Waals surface area (Å²) >= 11 is 0. The van der Waals surface area contributed by atoms with Gasteiger partial charge in [-0.05, 0) is 35.4 Å². The Kier molecular flexibility index (Phi) is 5.82. The van der Waals surface area contributed by atoms with Crippen LogP contribution in [0.5, 0.6) is 0 Å². The van der Waals surface area contributed by atoms with Crippen LogP contribution in [0, 0.1) is 0 Å². The molecule has 0 unspecified atom stereocenters. The average molecular weight is 475 g/mol. The predicted molar refractivity (Wildman–Crippen MR) is 125 cm³/mol. The van der Waals surface area contributed by atoms with Crippen LogP contribution in [0.4, 0.5) is 13.2 Å². The van der Waals surface area contributed by atoms with Crippen molar-refractivity contribution in [3.63, 3.8) is 0 Å². The molecule has 0 saturated heterocycles. The highest BCUT2D eigenvalue weighted by Crippen LogP contribution is 2.33. The summed E-state index contributed by atoms with van der Waals surface area (Å²) in [5.41, 5.74) is 2.34. The molecule has 0 aliphatic rings. The van der Waals surface area contributed by atoms with E-state index in [1.165, 1.54) is 12.1 Å². The number of para-hydroxylation sites is 3. The number of hydrogen-bond donors (Lipinski definition) is 1. The third-order valence-electron chi connectivity index (χ3n) is 5.64. The summed E-state index contributed by atoms with van der Waals surface area (Å²) in [4.78, 5) is 17.0. The summed E-state index contributed by atoms with van der Waals surface area (Å²) in [5.74, 6) is -0.839. The quantitative estimate of drug-likeness (QED) is 0.366. The van der Waals surface area contributed by atoms with Crippen molar-refractivity contribution in [3.8, 4) is 5.69 Å². The van der Waals surface area contributed by atoms with Crippen molar-refractivity contribution in [2.24, 2.45) is 0 Å². The van der Waals surface area contributed by atoms with Gasteiger partial charge in [0.2, 0.25) is 0 Å². The second kappa shape index (κ2) is 9.09. The topological polar surface area (TPSA) is 64.7 Å². The van der Waals surface area contributed by atoms with Gasteiger partial charge in [0.15, 0.2) is 5.69 Å². The number of hydrogen-bond acceptors (Lipinski definition) is 3. The van der Waals surface area contributed by atoms with E-state index in [1.54, 1.807) is 24.5 Å². The lowest BCUT2D eigenvalue weighted by atomic mass is 10.1. The van der Waals surface area contributed by atoms with Crippen LogP contribution in [-0.2, 0) is 19.3 Å². The van der Waals surface area contributed by atoms with Crippen LogP contribution in [0.3, 0.4) is 0 Å². The first kappa shape index (κ1) is 22.4. The molecule has 176 valence electrons. The molecule has 1 amide bonds. The van der Waals surface area contributed by atoms with Gasteiger partial charge in [-0.2, -0.15) is 18.3 Å². The smallest absolute Gasteiger partial charge is 0.348 e. The average Bonchev–Trinajstić information content (AvgIpc) is 3.49. The summed E-state index contributed by atoms with van der Waals surface area (Å²) in [5, 5.41) is 6.40. The highest BCUT2D eigenvalue weighted by Gasteiger charge is 2.40. The maximum Gasteiger partial charge on any atom is 0.434 e. The number of carbonyl (C=O) groups excluding carboxylic acids is 1. The largest absolute Gasteiger partial charge is 0.434 e. The number of nitrogens with zero attached hydrogens (tertiary/aromatic N) is 4. The lowest BCUT2D eigenvalue weighted by molar-refractivity contribution is -0.143. The summed E-state index contributed by atoms with van der Waals surface area (Å²) in [7, 11) is 0. The molecule has 0 aliphatic carbocycles. The highest BCUT2D eigenvalue weighted by atomic mass is 19.4. The first-order valence-electron chi connectivity index (χ1n) is 10.9. The van der Waals surface area contributed by atoms with Crippen molar-refractivity contribution in [2.75, 3.05) is 0 Å². The third-order valence-corrected chi connectivity index (χ3v) is 5.64. The van der Waals surface area contributed by atoms with Gasteiger partial charge in [0.05, 0.1) is 34.8 Å². The van der Waals surface area contributed by atoms with Gasteiger partial charge >= 0.3 is 6.18 Å². The van der Waals surface area contributed by atoms with Crippen LogP contribution in [0.2, 0.25) is 0 Å². The van der Waals surface area contributed by atoms with Gasteiger partial charge in [0.25, 0.3) is 5.91 Å². The lowest BCUT2D eigenvalue weighted by Crippen LogP contribution is -2.26. The van der Waals surface area contributed by atoms with Gasteiger partial charge in [-0.25, -0.2) is 9.67 Å². The van der Waals surface area contributed by atoms with Crippen LogP contribution in [0.1, 0.15) is 27.2 Å². The van der Waals surface area contributed by atoms with E-state index in [9.17, 15) is 18.0 Å². The van der Waals surface area contributed by atoms with E-state index in [0.717, 1.165) is 33.0 Å². The Labute approximate surface area is 198 Å². The molecular weight excluding hydrogens is 455 g/mol. The van der Waals surface area contributed by atoms with Gasteiger partial charge < -0.3 is 9.88 Å². The number of imidazole rings is 1. The van der Waals surface area contributed by atoms with E-state index in [1.807, 2.05) is 53.1 Å². The highest BCUT2D eigenvalue weighted by molar-refractivity contribution is 5.95. The second-order valence-electron chi connectivity index (χ2n) is 8.01. The molecule has 0 radical (unpaired) electrons. The zero-order valence-corrected chi connectivity index (χ0v) is 18.4.